The van der Waals surface area contributed by atoms with Crippen LogP contribution in [-0.4, -0.2) is 43.1 Å². The second-order valence-electron chi connectivity index (χ2n) is 7.14. The minimum absolute atomic E-state index is 0.0149. The van der Waals surface area contributed by atoms with Gasteiger partial charge >= 0.3 is 6.18 Å². The van der Waals surface area contributed by atoms with Crippen molar-refractivity contribution in [2.45, 2.75) is 15.7 Å². The molecule has 4 rings (SSSR count). The number of hydrogen-bond donors (Lipinski definition) is 2. The minimum Gasteiger partial charge on any atom is -0.325 e. The SMILES string of the molecule is Cn1cnnc1SCC(=O)Nc1ccc2nc(SCC(=O)Nc3cccc(C(F)(F)F)c3)sc2c1. The van der Waals surface area contributed by atoms with Crippen molar-refractivity contribution in [3.05, 3.63) is 54.4 Å². The van der Waals surface area contributed by atoms with Crippen molar-refractivity contribution in [3.8, 4) is 0 Å². The zero-order chi connectivity index (χ0) is 25.0. The Kier molecular flexibility index (Phi) is 7.62. The zero-order valence-corrected chi connectivity index (χ0v) is 20.4. The molecule has 2 aromatic carbocycles. The predicted octanol–water partition coefficient (Wildman–Crippen LogP) is 4.91. The second kappa shape index (κ2) is 10.7. The van der Waals surface area contributed by atoms with Gasteiger partial charge in [0.25, 0.3) is 0 Å². The third-order valence-corrected chi connectivity index (χ3v) is 7.65. The lowest BCUT2D eigenvalue weighted by Crippen LogP contribution is -2.14. The van der Waals surface area contributed by atoms with Gasteiger partial charge in [0.15, 0.2) is 9.50 Å². The smallest absolute Gasteiger partial charge is 0.325 e. The summed E-state index contributed by atoms with van der Waals surface area (Å²) in [4.78, 5) is 28.9. The molecule has 0 spiro atoms. The molecule has 0 bridgehead atoms. The summed E-state index contributed by atoms with van der Waals surface area (Å²) in [6, 6.07) is 9.78. The van der Waals surface area contributed by atoms with Gasteiger partial charge in [-0.1, -0.05) is 29.6 Å². The summed E-state index contributed by atoms with van der Waals surface area (Å²) in [6.45, 7) is 0. The molecule has 0 atom stereocenters. The number of aryl methyl sites for hydroxylation is 1. The Balaban J connectivity index is 1.31. The number of halogens is 3. The van der Waals surface area contributed by atoms with Gasteiger partial charge in [0.2, 0.25) is 11.8 Å². The molecule has 4 aromatic rings. The summed E-state index contributed by atoms with van der Waals surface area (Å²) in [6.07, 6.45) is -2.92. The van der Waals surface area contributed by atoms with E-state index in [0.29, 0.717) is 20.7 Å². The molecule has 0 unspecified atom stereocenters. The molecule has 8 nitrogen and oxygen atoms in total. The number of nitrogens with zero attached hydrogens (tertiary/aromatic N) is 4. The maximum Gasteiger partial charge on any atom is 0.416 e. The Morgan fingerprint density at radius 3 is 2.43 bits per heavy atom. The molecule has 14 heteroatoms. The molecule has 35 heavy (non-hydrogen) atoms. The lowest BCUT2D eigenvalue weighted by atomic mass is 10.2. The summed E-state index contributed by atoms with van der Waals surface area (Å²) < 4.78 is 41.7. The fourth-order valence-electron chi connectivity index (χ4n) is 2.87. The first-order chi connectivity index (χ1) is 16.7. The van der Waals surface area contributed by atoms with Crippen molar-refractivity contribution >= 4 is 68.3 Å². The van der Waals surface area contributed by atoms with Crippen LogP contribution in [0.2, 0.25) is 0 Å². The molecule has 0 aliphatic rings. The van der Waals surface area contributed by atoms with Crippen LogP contribution in [0.1, 0.15) is 5.56 Å². The molecule has 2 N–H and O–H groups in total. The quantitative estimate of drug-likeness (QED) is 0.308. The molecule has 0 fully saturated rings. The molecule has 0 saturated carbocycles. The Bertz CT molecular complexity index is 1370. The predicted molar refractivity (Wildman–Crippen MR) is 131 cm³/mol. The number of amides is 2. The van der Waals surface area contributed by atoms with Crippen LogP contribution in [0.5, 0.6) is 0 Å². The molecule has 182 valence electrons. The van der Waals surface area contributed by atoms with Gasteiger partial charge < -0.3 is 15.2 Å². The van der Waals surface area contributed by atoms with E-state index in [-0.39, 0.29) is 23.1 Å². The van der Waals surface area contributed by atoms with Crippen molar-refractivity contribution in [2.75, 3.05) is 22.1 Å². The van der Waals surface area contributed by atoms with Gasteiger partial charge in [-0.25, -0.2) is 4.98 Å². The maximum atomic E-state index is 12.8. The van der Waals surface area contributed by atoms with Crippen molar-refractivity contribution in [2.24, 2.45) is 7.05 Å². The molecule has 2 heterocycles. The van der Waals surface area contributed by atoms with E-state index < -0.39 is 17.6 Å². The van der Waals surface area contributed by atoms with Crippen LogP contribution < -0.4 is 10.6 Å². The first-order valence-electron chi connectivity index (χ1n) is 9.94. The molecule has 0 radical (unpaired) electrons. The molecular weight excluding hydrogens is 521 g/mol. The number of benzene rings is 2. The van der Waals surface area contributed by atoms with Crippen LogP contribution in [0, 0.1) is 0 Å². The molecule has 0 aliphatic heterocycles. The van der Waals surface area contributed by atoms with E-state index in [1.54, 1.807) is 36.1 Å². The lowest BCUT2D eigenvalue weighted by Gasteiger charge is -2.09. The number of nitrogens with one attached hydrogen (secondary N) is 2. The Morgan fingerprint density at radius 2 is 1.74 bits per heavy atom. The third-order valence-electron chi connectivity index (χ3n) is 4.46. The summed E-state index contributed by atoms with van der Waals surface area (Å²) >= 11 is 3.80. The van der Waals surface area contributed by atoms with Crippen LogP contribution in [0.4, 0.5) is 24.5 Å². The molecular formula is C21H17F3N6O2S3. The van der Waals surface area contributed by atoms with E-state index >= 15 is 0 Å². The number of carbonyl (C=O) groups excluding carboxylic acids is 2. The summed E-state index contributed by atoms with van der Waals surface area (Å²) in [5.74, 6) is -0.474. The minimum atomic E-state index is -4.48. The monoisotopic (exact) mass is 538 g/mol. The number of carbonyl (C=O) groups is 2. The van der Waals surface area contributed by atoms with Crippen LogP contribution in [-0.2, 0) is 22.8 Å². The first-order valence-corrected chi connectivity index (χ1v) is 12.7. The van der Waals surface area contributed by atoms with Crippen molar-refractivity contribution < 1.29 is 22.8 Å². The highest BCUT2D eigenvalue weighted by Gasteiger charge is 2.30. The van der Waals surface area contributed by atoms with Gasteiger partial charge in [-0.15, -0.1) is 21.5 Å². The van der Waals surface area contributed by atoms with Crippen LogP contribution >= 0.6 is 34.9 Å². The number of alkyl halides is 3. The number of aromatic nitrogens is 4. The van der Waals surface area contributed by atoms with Crippen molar-refractivity contribution in [1.82, 2.24) is 19.7 Å². The standard InChI is InChI=1S/C21H17F3N6O2S3/c1-30-11-25-29-19(30)33-9-17(31)27-14-5-6-15-16(8-14)35-20(28-15)34-10-18(32)26-13-4-2-3-12(7-13)21(22,23)24/h2-8,11H,9-10H2,1H3,(H,26,32)(H,27,31). The largest absolute Gasteiger partial charge is 0.416 e. The van der Waals surface area contributed by atoms with Crippen molar-refractivity contribution in [1.29, 1.82) is 0 Å². The number of fused-ring (bicyclic) bond motifs is 1. The number of anilines is 2. The highest BCUT2D eigenvalue weighted by Crippen LogP contribution is 2.32. The van der Waals surface area contributed by atoms with Gasteiger partial charge in [0.05, 0.1) is 27.3 Å². The maximum absolute atomic E-state index is 12.8. The fourth-order valence-corrected chi connectivity index (χ4v) is 5.47. The van der Waals surface area contributed by atoms with Gasteiger partial charge in [0.1, 0.15) is 6.33 Å². The Labute approximate surface area is 209 Å². The molecule has 0 aliphatic carbocycles. The average molecular weight is 539 g/mol. The van der Waals surface area contributed by atoms with Crippen LogP contribution in [0.25, 0.3) is 10.2 Å². The number of thiazole rings is 1. The van der Waals surface area contributed by atoms with Crippen LogP contribution in [0.15, 0.2) is 58.3 Å². The zero-order valence-electron chi connectivity index (χ0n) is 18.0. The van der Waals surface area contributed by atoms with Crippen LogP contribution in [0.3, 0.4) is 0 Å². The average Bonchev–Trinajstić information content (AvgIpc) is 3.41. The van der Waals surface area contributed by atoms with Gasteiger partial charge in [-0.2, -0.15) is 13.2 Å². The number of rotatable bonds is 8. The topological polar surface area (TPSA) is 102 Å². The summed E-state index contributed by atoms with van der Waals surface area (Å²) in [5.41, 5.74) is 0.572. The number of thioether (sulfide) groups is 2. The highest BCUT2D eigenvalue weighted by atomic mass is 32.2. The van der Waals surface area contributed by atoms with E-state index in [0.717, 1.165) is 16.8 Å². The van der Waals surface area contributed by atoms with E-state index in [4.69, 9.17) is 0 Å². The molecule has 2 aromatic heterocycles. The Morgan fingerprint density at radius 1 is 1.03 bits per heavy atom. The number of hydrogen-bond acceptors (Lipinski definition) is 8. The normalized spacial score (nSPS) is 11.5. The van der Waals surface area contributed by atoms with E-state index in [9.17, 15) is 22.8 Å². The van der Waals surface area contributed by atoms with E-state index in [1.807, 2.05) is 0 Å². The highest BCUT2D eigenvalue weighted by molar-refractivity contribution is 8.01. The second-order valence-corrected chi connectivity index (χ2v) is 10.3. The Hall–Kier alpha value is -3.10. The summed E-state index contributed by atoms with van der Waals surface area (Å²) in [7, 11) is 1.79. The van der Waals surface area contributed by atoms with Gasteiger partial charge in [0, 0.05) is 18.4 Å². The molecule has 2 amide bonds. The van der Waals surface area contributed by atoms with Gasteiger partial charge in [-0.05, 0) is 36.4 Å². The van der Waals surface area contributed by atoms with Crippen molar-refractivity contribution in [3.63, 3.8) is 0 Å². The lowest BCUT2D eigenvalue weighted by molar-refractivity contribution is -0.137. The fraction of sp³-hybridized carbons (Fsp3) is 0.190. The third kappa shape index (κ3) is 6.74. The first kappa shape index (κ1) is 25.0. The van der Waals surface area contributed by atoms with Gasteiger partial charge in [-0.3, -0.25) is 9.59 Å². The summed E-state index contributed by atoms with van der Waals surface area (Å²) in [5, 5.41) is 13.6. The van der Waals surface area contributed by atoms with E-state index in [1.165, 1.54) is 47.0 Å². The van der Waals surface area contributed by atoms with E-state index in [2.05, 4.69) is 25.8 Å². The molecule has 0 saturated heterocycles.